The number of nitrogens with zero attached hydrogens (tertiary/aromatic N) is 2. The molecule has 0 aliphatic heterocycles. The zero-order valence-corrected chi connectivity index (χ0v) is 10.4. The Hall–Kier alpha value is -2.44. The molecule has 0 aliphatic rings. The number of ether oxygens (including phenoxy) is 2. The largest absolute Gasteiger partial charge is 0.493 e. The first-order valence-corrected chi connectivity index (χ1v) is 5.47. The van der Waals surface area contributed by atoms with E-state index in [4.69, 9.17) is 9.47 Å². The SMILES string of the molecule is COc1cc(C(C)=O)cc(F)c1OCc1nc[nH]n1. The van der Waals surface area contributed by atoms with Crippen molar-refractivity contribution in [3.8, 4) is 11.5 Å². The van der Waals surface area contributed by atoms with Gasteiger partial charge in [0.1, 0.15) is 12.9 Å². The molecular formula is C12H12FN3O3. The average molecular weight is 265 g/mol. The number of aromatic nitrogens is 3. The lowest BCUT2D eigenvalue weighted by Gasteiger charge is -2.11. The molecular weight excluding hydrogens is 253 g/mol. The van der Waals surface area contributed by atoms with Crippen molar-refractivity contribution in [2.45, 2.75) is 13.5 Å². The maximum atomic E-state index is 13.9. The van der Waals surface area contributed by atoms with Gasteiger partial charge >= 0.3 is 0 Å². The number of aromatic amines is 1. The van der Waals surface area contributed by atoms with Crippen LogP contribution in [0.3, 0.4) is 0 Å². The van der Waals surface area contributed by atoms with Crippen LogP contribution in [0.1, 0.15) is 23.1 Å². The predicted molar refractivity (Wildman–Crippen MR) is 63.7 cm³/mol. The summed E-state index contributed by atoms with van der Waals surface area (Å²) in [5, 5.41) is 6.31. The molecule has 6 nitrogen and oxygen atoms in total. The number of Topliss-reactive ketones (excluding diaryl/α,β-unsaturated/α-hetero) is 1. The molecule has 0 aliphatic carbocycles. The van der Waals surface area contributed by atoms with Gasteiger partial charge in [-0.15, -0.1) is 0 Å². The number of halogens is 1. The topological polar surface area (TPSA) is 77.1 Å². The van der Waals surface area contributed by atoms with Crippen LogP contribution in [0.15, 0.2) is 18.5 Å². The van der Waals surface area contributed by atoms with Gasteiger partial charge in [0.05, 0.1) is 7.11 Å². The van der Waals surface area contributed by atoms with Crippen LogP contribution >= 0.6 is 0 Å². The van der Waals surface area contributed by atoms with Gasteiger partial charge in [0.2, 0.25) is 0 Å². The summed E-state index contributed by atoms with van der Waals surface area (Å²) in [4.78, 5) is 15.1. The second kappa shape index (κ2) is 5.47. The molecule has 2 aromatic rings. The van der Waals surface area contributed by atoms with Crippen LogP contribution in [0.25, 0.3) is 0 Å². The van der Waals surface area contributed by atoms with E-state index in [0.717, 1.165) is 6.07 Å². The first kappa shape index (κ1) is 13.0. The minimum absolute atomic E-state index is 0.00377. The summed E-state index contributed by atoms with van der Waals surface area (Å²) in [5.74, 6) is -0.451. The van der Waals surface area contributed by atoms with E-state index in [2.05, 4.69) is 15.2 Å². The van der Waals surface area contributed by atoms with Gasteiger partial charge in [-0.3, -0.25) is 9.89 Å². The van der Waals surface area contributed by atoms with E-state index >= 15 is 0 Å². The molecule has 1 heterocycles. The smallest absolute Gasteiger partial charge is 0.197 e. The Morgan fingerprint density at radius 1 is 1.47 bits per heavy atom. The Labute approximate surface area is 108 Å². The van der Waals surface area contributed by atoms with Crippen LogP contribution in [0, 0.1) is 5.82 Å². The number of nitrogens with one attached hydrogen (secondary N) is 1. The number of carbonyl (C=O) groups excluding carboxylic acids is 1. The molecule has 7 heteroatoms. The van der Waals surface area contributed by atoms with Crippen molar-refractivity contribution in [3.05, 3.63) is 35.7 Å². The summed E-state index contributed by atoms with van der Waals surface area (Å²) in [6.45, 7) is 1.35. The molecule has 100 valence electrons. The first-order valence-electron chi connectivity index (χ1n) is 5.47. The van der Waals surface area contributed by atoms with Crippen LogP contribution in [-0.2, 0) is 6.61 Å². The quantitative estimate of drug-likeness (QED) is 0.833. The number of rotatable bonds is 5. The highest BCUT2D eigenvalue weighted by molar-refractivity contribution is 5.94. The summed E-state index contributed by atoms with van der Waals surface area (Å²) in [5.41, 5.74) is 0.222. The Morgan fingerprint density at radius 2 is 2.26 bits per heavy atom. The molecule has 1 aromatic heterocycles. The van der Waals surface area contributed by atoms with E-state index in [0.29, 0.717) is 5.82 Å². The maximum absolute atomic E-state index is 13.9. The van der Waals surface area contributed by atoms with E-state index in [1.165, 1.54) is 26.4 Å². The monoisotopic (exact) mass is 265 g/mol. The van der Waals surface area contributed by atoms with E-state index in [9.17, 15) is 9.18 Å². The summed E-state index contributed by atoms with van der Waals surface area (Å²) in [7, 11) is 1.37. The minimum atomic E-state index is -0.667. The number of methoxy groups -OCH3 is 1. The van der Waals surface area contributed by atoms with Gasteiger partial charge in [0.15, 0.2) is 28.9 Å². The molecule has 0 atom stereocenters. The van der Waals surface area contributed by atoms with Crippen LogP contribution in [0.5, 0.6) is 11.5 Å². The molecule has 0 unspecified atom stereocenters. The van der Waals surface area contributed by atoms with Crippen LogP contribution in [0.2, 0.25) is 0 Å². The summed E-state index contributed by atoms with van der Waals surface area (Å²) in [6.07, 6.45) is 1.39. The third kappa shape index (κ3) is 2.87. The van der Waals surface area contributed by atoms with Crippen molar-refractivity contribution in [2.24, 2.45) is 0 Å². The molecule has 0 spiro atoms. The lowest BCUT2D eigenvalue weighted by Crippen LogP contribution is -2.03. The highest BCUT2D eigenvalue weighted by Gasteiger charge is 2.15. The highest BCUT2D eigenvalue weighted by Crippen LogP contribution is 2.32. The molecule has 1 aromatic carbocycles. The fourth-order valence-electron chi connectivity index (χ4n) is 1.51. The van der Waals surface area contributed by atoms with Crippen LogP contribution in [-0.4, -0.2) is 28.1 Å². The Bertz CT molecular complexity index is 584. The maximum Gasteiger partial charge on any atom is 0.197 e. The van der Waals surface area contributed by atoms with Gasteiger partial charge in [-0.05, 0) is 19.1 Å². The lowest BCUT2D eigenvalue weighted by atomic mass is 10.1. The number of carbonyl (C=O) groups is 1. The molecule has 0 bridgehead atoms. The Balaban J connectivity index is 2.26. The molecule has 0 saturated carbocycles. The van der Waals surface area contributed by atoms with Crippen molar-refractivity contribution >= 4 is 5.78 Å². The van der Waals surface area contributed by atoms with Gasteiger partial charge in [0.25, 0.3) is 0 Å². The average Bonchev–Trinajstić information content (AvgIpc) is 2.89. The fourth-order valence-corrected chi connectivity index (χ4v) is 1.51. The van der Waals surface area contributed by atoms with E-state index < -0.39 is 5.82 Å². The minimum Gasteiger partial charge on any atom is -0.493 e. The van der Waals surface area contributed by atoms with Gasteiger partial charge in [-0.2, -0.15) is 5.10 Å². The molecule has 1 N–H and O–H groups in total. The van der Waals surface area contributed by atoms with E-state index in [-0.39, 0.29) is 29.5 Å². The molecule has 0 fully saturated rings. The number of hydrogen-bond donors (Lipinski definition) is 1. The Kier molecular flexibility index (Phi) is 3.74. The number of H-pyrrole nitrogens is 1. The zero-order chi connectivity index (χ0) is 13.8. The second-order valence-electron chi connectivity index (χ2n) is 3.75. The standard InChI is InChI=1S/C12H12FN3O3/c1-7(17)8-3-9(13)12(10(4-8)18-2)19-5-11-14-6-15-16-11/h3-4,6H,5H2,1-2H3,(H,14,15,16). The third-order valence-electron chi connectivity index (χ3n) is 2.45. The highest BCUT2D eigenvalue weighted by atomic mass is 19.1. The fraction of sp³-hybridized carbons (Fsp3) is 0.250. The van der Waals surface area contributed by atoms with Crippen molar-refractivity contribution < 1.29 is 18.7 Å². The number of hydrogen-bond acceptors (Lipinski definition) is 5. The molecule has 0 saturated heterocycles. The summed E-state index contributed by atoms with van der Waals surface area (Å²) >= 11 is 0. The van der Waals surface area contributed by atoms with Gasteiger partial charge in [-0.25, -0.2) is 9.37 Å². The van der Waals surface area contributed by atoms with E-state index in [1.54, 1.807) is 0 Å². The molecule has 0 amide bonds. The number of benzene rings is 1. The summed E-state index contributed by atoms with van der Waals surface area (Å²) in [6, 6.07) is 2.54. The Morgan fingerprint density at radius 3 is 2.84 bits per heavy atom. The first-order chi connectivity index (χ1) is 9.11. The van der Waals surface area contributed by atoms with Crippen LogP contribution < -0.4 is 9.47 Å². The molecule has 19 heavy (non-hydrogen) atoms. The van der Waals surface area contributed by atoms with Crippen LogP contribution in [0.4, 0.5) is 4.39 Å². The lowest BCUT2D eigenvalue weighted by molar-refractivity contribution is 0.101. The molecule has 2 rings (SSSR count). The van der Waals surface area contributed by atoms with E-state index in [1.807, 2.05) is 0 Å². The second-order valence-corrected chi connectivity index (χ2v) is 3.75. The van der Waals surface area contributed by atoms with Crippen molar-refractivity contribution in [3.63, 3.8) is 0 Å². The van der Waals surface area contributed by atoms with Crippen molar-refractivity contribution in [1.29, 1.82) is 0 Å². The van der Waals surface area contributed by atoms with Gasteiger partial charge in [-0.1, -0.05) is 0 Å². The summed E-state index contributed by atoms with van der Waals surface area (Å²) < 4.78 is 24.2. The normalized spacial score (nSPS) is 10.3. The zero-order valence-electron chi connectivity index (χ0n) is 10.4. The van der Waals surface area contributed by atoms with Crippen molar-refractivity contribution in [2.75, 3.05) is 7.11 Å². The van der Waals surface area contributed by atoms with Crippen molar-refractivity contribution in [1.82, 2.24) is 15.2 Å². The predicted octanol–water partition coefficient (Wildman–Crippen LogP) is 1.73. The number of ketones is 1. The third-order valence-corrected chi connectivity index (χ3v) is 2.45. The van der Waals surface area contributed by atoms with Gasteiger partial charge in [0, 0.05) is 5.56 Å². The van der Waals surface area contributed by atoms with Gasteiger partial charge < -0.3 is 9.47 Å². The molecule has 0 radical (unpaired) electrons.